The normalized spacial score (nSPS) is 15.0. The second-order valence-corrected chi connectivity index (χ2v) is 5.49. The first-order chi connectivity index (χ1) is 8.79. The molecule has 0 spiro atoms. The smallest absolute Gasteiger partial charge is 0.335 e. The van der Waals surface area contributed by atoms with Crippen molar-refractivity contribution in [1.82, 2.24) is 4.90 Å². The molecular formula is C14H18N2O3. The number of amides is 1. The highest BCUT2D eigenvalue weighted by atomic mass is 16.4. The summed E-state index contributed by atoms with van der Waals surface area (Å²) in [6, 6.07) is 5.07. The molecule has 0 saturated heterocycles. The van der Waals surface area contributed by atoms with E-state index in [1.54, 1.807) is 30.9 Å². The standard InChI is InChI=1S/C14H18N2O3/c1-14(2,15)13(19)16-6-5-9-3-4-10(12(17)18)7-11(9)8-16/h3-4,7H,5-6,8,15H2,1-2H3,(H,17,18). The Hall–Kier alpha value is -1.88. The minimum atomic E-state index is -0.953. The number of rotatable bonds is 2. The Kier molecular flexibility index (Phi) is 3.32. The number of benzene rings is 1. The summed E-state index contributed by atoms with van der Waals surface area (Å²) in [6.07, 6.45) is 0.733. The van der Waals surface area contributed by atoms with E-state index in [9.17, 15) is 9.59 Å². The van der Waals surface area contributed by atoms with Crippen molar-refractivity contribution in [3.05, 3.63) is 34.9 Å². The zero-order valence-electron chi connectivity index (χ0n) is 11.1. The topological polar surface area (TPSA) is 83.6 Å². The minimum absolute atomic E-state index is 0.112. The molecule has 1 aliphatic rings. The Morgan fingerprint density at radius 2 is 2.00 bits per heavy atom. The fourth-order valence-corrected chi connectivity index (χ4v) is 2.27. The molecular weight excluding hydrogens is 244 g/mol. The summed E-state index contributed by atoms with van der Waals surface area (Å²) in [6.45, 7) is 4.41. The third-order valence-corrected chi connectivity index (χ3v) is 3.30. The van der Waals surface area contributed by atoms with Gasteiger partial charge in [0.25, 0.3) is 0 Å². The summed E-state index contributed by atoms with van der Waals surface area (Å²) in [5.41, 5.74) is 7.16. The van der Waals surface area contributed by atoms with E-state index in [0.29, 0.717) is 13.1 Å². The maximum Gasteiger partial charge on any atom is 0.335 e. The molecule has 1 amide bonds. The largest absolute Gasteiger partial charge is 0.478 e. The van der Waals surface area contributed by atoms with Crippen molar-refractivity contribution >= 4 is 11.9 Å². The van der Waals surface area contributed by atoms with Crippen LogP contribution < -0.4 is 5.73 Å². The Balaban J connectivity index is 2.25. The van der Waals surface area contributed by atoms with E-state index < -0.39 is 11.5 Å². The number of carbonyl (C=O) groups excluding carboxylic acids is 1. The number of hydrogen-bond donors (Lipinski definition) is 2. The molecule has 0 fully saturated rings. The van der Waals surface area contributed by atoms with Crippen LogP contribution in [0.1, 0.15) is 35.3 Å². The van der Waals surface area contributed by atoms with Gasteiger partial charge in [0.2, 0.25) is 5.91 Å². The number of nitrogens with zero attached hydrogens (tertiary/aromatic N) is 1. The lowest BCUT2D eigenvalue weighted by molar-refractivity contribution is -0.136. The number of nitrogens with two attached hydrogens (primary N) is 1. The van der Waals surface area contributed by atoms with Crippen LogP contribution in [0.15, 0.2) is 18.2 Å². The maximum atomic E-state index is 12.1. The summed E-state index contributed by atoms with van der Waals surface area (Å²) in [7, 11) is 0. The van der Waals surface area contributed by atoms with Crippen LogP contribution in [-0.2, 0) is 17.8 Å². The molecule has 0 aromatic heterocycles. The highest BCUT2D eigenvalue weighted by molar-refractivity contribution is 5.88. The fraction of sp³-hybridized carbons (Fsp3) is 0.429. The van der Waals surface area contributed by atoms with Crippen molar-refractivity contribution in [1.29, 1.82) is 0 Å². The van der Waals surface area contributed by atoms with Gasteiger partial charge in [-0.05, 0) is 43.5 Å². The van der Waals surface area contributed by atoms with Crippen LogP contribution in [-0.4, -0.2) is 34.0 Å². The minimum Gasteiger partial charge on any atom is -0.478 e. The first-order valence-corrected chi connectivity index (χ1v) is 6.22. The first-order valence-electron chi connectivity index (χ1n) is 6.22. The highest BCUT2D eigenvalue weighted by Gasteiger charge is 2.30. The number of carboxylic acid groups (broad SMARTS) is 1. The first kappa shape index (κ1) is 13.5. The third-order valence-electron chi connectivity index (χ3n) is 3.30. The number of fused-ring (bicyclic) bond motifs is 1. The van der Waals surface area contributed by atoms with Crippen LogP contribution in [0.5, 0.6) is 0 Å². The van der Waals surface area contributed by atoms with Crippen LogP contribution in [0.4, 0.5) is 0 Å². The third kappa shape index (κ3) is 2.76. The molecule has 2 rings (SSSR count). The molecule has 19 heavy (non-hydrogen) atoms. The lowest BCUT2D eigenvalue weighted by atomic mass is 9.95. The SMILES string of the molecule is CC(C)(N)C(=O)N1CCc2ccc(C(=O)O)cc2C1. The molecule has 0 radical (unpaired) electrons. The van der Waals surface area contributed by atoms with E-state index in [2.05, 4.69) is 0 Å². The van der Waals surface area contributed by atoms with Crippen LogP contribution in [0.3, 0.4) is 0 Å². The maximum absolute atomic E-state index is 12.1. The molecule has 1 heterocycles. The van der Waals surface area contributed by atoms with Gasteiger partial charge >= 0.3 is 5.97 Å². The molecule has 0 unspecified atom stereocenters. The summed E-state index contributed by atoms with van der Waals surface area (Å²) in [4.78, 5) is 24.8. The summed E-state index contributed by atoms with van der Waals surface area (Å²) in [5, 5.41) is 8.99. The fourth-order valence-electron chi connectivity index (χ4n) is 2.27. The summed E-state index contributed by atoms with van der Waals surface area (Å²) < 4.78 is 0. The molecule has 0 aliphatic carbocycles. The highest BCUT2D eigenvalue weighted by Crippen LogP contribution is 2.22. The van der Waals surface area contributed by atoms with E-state index in [-0.39, 0.29) is 11.5 Å². The van der Waals surface area contributed by atoms with E-state index in [1.807, 2.05) is 6.07 Å². The quantitative estimate of drug-likeness (QED) is 0.833. The lowest BCUT2D eigenvalue weighted by Crippen LogP contribution is -2.52. The number of hydrogen-bond acceptors (Lipinski definition) is 3. The summed E-state index contributed by atoms with van der Waals surface area (Å²) in [5.74, 6) is -1.07. The predicted molar refractivity (Wildman–Crippen MR) is 70.8 cm³/mol. The van der Waals surface area contributed by atoms with Crippen molar-refractivity contribution in [2.24, 2.45) is 5.73 Å². The van der Waals surface area contributed by atoms with Gasteiger partial charge in [0.1, 0.15) is 0 Å². The van der Waals surface area contributed by atoms with Crippen LogP contribution in [0, 0.1) is 0 Å². The van der Waals surface area contributed by atoms with Crippen LogP contribution >= 0.6 is 0 Å². The van der Waals surface area contributed by atoms with E-state index in [4.69, 9.17) is 10.8 Å². The van der Waals surface area contributed by atoms with Crippen molar-refractivity contribution in [3.63, 3.8) is 0 Å². The van der Waals surface area contributed by atoms with E-state index >= 15 is 0 Å². The Bertz CT molecular complexity index is 532. The molecule has 1 aromatic rings. The number of carbonyl (C=O) groups is 2. The second-order valence-electron chi connectivity index (χ2n) is 5.49. The second kappa shape index (κ2) is 4.66. The van der Waals surface area contributed by atoms with Gasteiger partial charge in [-0.15, -0.1) is 0 Å². The average molecular weight is 262 g/mol. The zero-order valence-corrected chi connectivity index (χ0v) is 11.1. The van der Waals surface area contributed by atoms with E-state index in [1.165, 1.54) is 0 Å². The Labute approximate surface area is 112 Å². The Morgan fingerprint density at radius 1 is 1.32 bits per heavy atom. The molecule has 0 atom stereocenters. The van der Waals surface area contributed by atoms with Gasteiger partial charge in [-0.25, -0.2) is 4.79 Å². The predicted octanol–water partition coefficient (Wildman–Crippen LogP) is 1.01. The van der Waals surface area contributed by atoms with Crippen molar-refractivity contribution in [2.45, 2.75) is 32.4 Å². The van der Waals surface area contributed by atoms with E-state index in [0.717, 1.165) is 17.5 Å². The number of carboxylic acids is 1. The van der Waals surface area contributed by atoms with Gasteiger partial charge in [0.05, 0.1) is 11.1 Å². The molecule has 1 aliphatic heterocycles. The molecule has 0 saturated carbocycles. The molecule has 5 nitrogen and oxygen atoms in total. The van der Waals surface area contributed by atoms with Gasteiger partial charge in [0.15, 0.2) is 0 Å². The molecule has 102 valence electrons. The molecule has 3 N–H and O–H groups in total. The average Bonchev–Trinajstić information content (AvgIpc) is 2.35. The summed E-state index contributed by atoms with van der Waals surface area (Å²) >= 11 is 0. The Morgan fingerprint density at radius 3 is 2.58 bits per heavy atom. The monoisotopic (exact) mass is 262 g/mol. The lowest BCUT2D eigenvalue weighted by Gasteiger charge is -2.33. The number of aromatic carboxylic acids is 1. The molecule has 1 aromatic carbocycles. The van der Waals surface area contributed by atoms with Gasteiger partial charge in [-0.1, -0.05) is 6.07 Å². The zero-order chi connectivity index (χ0) is 14.2. The van der Waals surface area contributed by atoms with Crippen LogP contribution in [0.2, 0.25) is 0 Å². The van der Waals surface area contributed by atoms with Gasteiger partial charge in [-0.3, -0.25) is 4.79 Å². The van der Waals surface area contributed by atoms with Gasteiger partial charge in [0, 0.05) is 13.1 Å². The van der Waals surface area contributed by atoms with Crippen molar-refractivity contribution < 1.29 is 14.7 Å². The van der Waals surface area contributed by atoms with Crippen molar-refractivity contribution in [2.75, 3.05) is 6.54 Å². The van der Waals surface area contributed by atoms with Gasteiger partial charge < -0.3 is 15.7 Å². The van der Waals surface area contributed by atoms with Crippen LogP contribution in [0.25, 0.3) is 0 Å². The van der Waals surface area contributed by atoms with Gasteiger partial charge in [-0.2, -0.15) is 0 Å². The molecule has 0 bridgehead atoms. The van der Waals surface area contributed by atoms with Crippen molar-refractivity contribution in [3.8, 4) is 0 Å². The molecule has 5 heteroatoms.